The molecule has 2 aromatic carbocycles. The van der Waals surface area contributed by atoms with Crippen molar-refractivity contribution < 1.29 is 19.0 Å². The fraction of sp³-hybridized carbons (Fsp3) is 0.105. The van der Waals surface area contributed by atoms with Gasteiger partial charge >= 0.3 is 5.97 Å². The molecule has 6 nitrogen and oxygen atoms in total. The van der Waals surface area contributed by atoms with Crippen LogP contribution in [0.3, 0.4) is 0 Å². The topological polar surface area (TPSA) is 70.5 Å². The summed E-state index contributed by atoms with van der Waals surface area (Å²) in [7, 11) is 2.75. The summed E-state index contributed by atoms with van der Waals surface area (Å²) in [6, 6.07) is 14.3. The first-order valence-electron chi connectivity index (χ1n) is 7.81. The Bertz CT molecular complexity index is 987. The van der Waals surface area contributed by atoms with Gasteiger partial charge in [0, 0.05) is 22.7 Å². The van der Waals surface area contributed by atoms with E-state index >= 15 is 0 Å². The number of methoxy groups -OCH3 is 2. The Morgan fingerprint density at radius 1 is 1.11 bits per heavy atom. The van der Waals surface area contributed by atoms with Crippen LogP contribution in [0.1, 0.15) is 5.56 Å². The van der Waals surface area contributed by atoms with Crippen LogP contribution in [0.25, 0.3) is 17.0 Å². The van der Waals surface area contributed by atoms with Gasteiger partial charge in [0.1, 0.15) is 11.3 Å². The average molecular weight is 403 g/mol. The minimum absolute atomic E-state index is 0.228. The molecule has 138 valence electrons. The van der Waals surface area contributed by atoms with E-state index in [2.05, 4.69) is 9.36 Å². The average Bonchev–Trinajstić information content (AvgIpc) is 3.15. The number of hydrogen-bond donors (Lipinski definition) is 0. The first-order chi connectivity index (χ1) is 13.1. The van der Waals surface area contributed by atoms with E-state index in [1.165, 1.54) is 20.5 Å². The van der Waals surface area contributed by atoms with Crippen LogP contribution < -0.4 is 4.74 Å². The number of aromatic nitrogens is 2. The van der Waals surface area contributed by atoms with Gasteiger partial charge in [-0.1, -0.05) is 41.9 Å². The summed E-state index contributed by atoms with van der Waals surface area (Å²) in [5, 5.41) is 0.872. The predicted molar refractivity (Wildman–Crippen MR) is 104 cm³/mol. The Morgan fingerprint density at radius 2 is 1.85 bits per heavy atom. The summed E-state index contributed by atoms with van der Waals surface area (Å²) < 4.78 is 20.0. The van der Waals surface area contributed by atoms with Crippen molar-refractivity contribution >= 4 is 34.7 Å². The molecule has 3 rings (SSSR count). The van der Waals surface area contributed by atoms with Gasteiger partial charge in [0.2, 0.25) is 0 Å². The second-order valence-corrected chi connectivity index (χ2v) is 6.34. The molecule has 0 saturated carbocycles. The minimum Gasteiger partial charge on any atom is -0.503 e. The number of benzene rings is 2. The van der Waals surface area contributed by atoms with Gasteiger partial charge in [-0.05, 0) is 18.2 Å². The number of carbonyl (C=O) groups excluding carboxylic acids is 1. The van der Waals surface area contributed by atoms with E-state index in [0.717, 1.165) is 11.5 Å². The lowest BCUT2D eigenvalue weighted by molar-refractivity contribution is -0.133. The molecule has 0 fully saturated rings. The molecule has 0 saturated heterocycles. The van der Waals surface area contributed by atoms with Gasteiger partial charge in [-0.15, -0.1) is 0 Å². The number of esters is 1. The summed E-state index contributed by atoms with van der Waals surface area (Å²) in [4.78, 5) is 16.4. The van der Waals surface area contributed by atoms with Crippen LogP contribution >= 0.6 is 23.1 Å². The highest BCUT2D eigenvalue weighted by atomic mass is 35.5. The van der Waals surface area contributed by atoms with Crippen molar-refractivity contribution in [1.29, 1.82) is 0 Å². The van der Waals surface area contributed by atoms with Gasteiger partial charge in [0.05, 0.1) is 25.5 Å². The van der Waals surface area contributed by atoms with E-state index in [1.807, 2.05) is 18.2 Å². The van der Waals surface area contributed by atoms with Crippen LogP contribution in [0.4, 0.5) is 0 Å². The lowest BCUT2D eigenvalue weighted by atomic mass is 10.1. The van der Waals surface area contributed by atoms with Crippen molar-refractivity contribution in [3.05, 3.63) is 65.4 Å². The van der Waals surface area contributed by atoms with Crippen LogP contribution in [0.15, 0.2) is 54.8 Å². The lowest BCUT2D eigenvalue weighted by Crippen LogP contribution is -2.05. The van der Waals surface area contributed by atoms with E-state index in [1.54, 1.807) is 30.3 Å². The Balaban J connectivity index is 1.93. The van der Waals surface area contributed by atoms with Gasteiger partial charge < -0.3 is 14.2 Å². The van der Waals surface area contributed by atoms with E-state index < -0.39 is 5.97 Å². The van der Waals surface area contributed by atoms with Gasteiger partial charge in [-0.2, -0.15) is 9.36 Å². The fourth-order valence-corrected chi connectivity index (χ4v) is 3.10. The molecule has 0 spiro atoms. The molecular weight excluding hydrogens is 388 g/mol. The monoisotopic (exact) mass is 402 g/mol. The lowest BCUT2D eigenvalue weighted by Gasteiger charge is -2.10. The van der Waals surface area contributed by atoms with E-state index in [-0.39, 0.29) is 5.57 Å². The Labute approximate surface area is 165 Å². The number of para-hydroxylation sites is 1. The summed E-state index contributed by atoms with van der Waals surface area (Å²) >= 11 is 7.28. The molecule has 0 aliphatic rings. The third-order valence-electron chi connectivity index (χ3n) is 3.54. The van der Waals surface area contributed by atoms with E-state index in [9.17, 15) is 4.79 Å². The predicted octanol–water partition coefficient (Wildman–Crippen LogP) is 4.81. The summed E-state index contributed by atoms with van der Waals surface area (Å²) in [5.74, 6) is 0.355. The maximum absolute atomic E-state index is 12.1. The van der Waals surface area contributed by atoms with Crippen molar-refractivity contribution in [3.8, 4) is 22.3 Å². The molecule has 0 atom stereocenters. The van der Waals surface area contributed by atoms with Crippen LogP contribution in [-0.4, -0.2) is 29.5 Å². The summed E-state index contributed by atoms with van der Waals surface area (Å²) in [6.07, 6.45) is 1.31. The number of rotatable bonds is 6. The SMILES string of the molecule is CO/C=C(\C(=O)OC)c1ccccc1Oc1nc(-c2ccccc2Cl)ns1. The molecule has 0 radical (unpaired) electrons. The number of nitrogens with zero attached hydrogens (tertiary/aromatic N) is 2. The summed E-state index contributed by atoms with van der Waals surface area (Å²) in [5.41, 5.74) is 1.46. The van der Waals surface area contributed by atoms with Crippen LogP contribution in [0, 0.1) is 0 Å². The van der Waals surface area contributed by atoms with E-state index in [0.29, 0.717) is 32.9 Å². The van der Waals surface area contributed by atoms with Gasteiger partial charge in [-0.3, -0.25) is 0 Å². The highest BCUT2D eigenvalue weighted by molar-refractivity contribution is 7.07. The van der Waals surface area contributed by atoms with Crippen molar-refractivity contribution in [2.75, 3.05) is 14.2 Å². The van der Waals surface area contributed by atoms with Crippen LogP contribution in [0.5, 0.6) is 10.9 Å². The molecule has 0 aliphatic heterocycles. The molecule has 0 N–H and O–H groups in total. The van der Waals surface area contributed by atoms with Crippen LogP contribution in [-0.2, 0) is 14.3 Å². The maximum atomic E-state index is 12.1. The molecule has 1 aromatic heterocycles. The number of halogens is 1. The first-order valence-corrected chi connectivity index (χ1v) is 8.96. The normalized spacial score (nSPS) is 11.1. The molecule has 0 unspecified atom stereocenters. The van der Waals surface area contributed by atoms with Gasteiger partial charge in [0.25, 0.3) is 5.19 Å². The van der Waals surface area contributed by atoms with Crippen molar-refractivity contribution in [2.45, 2.75) is 0 Å². The number of hydrogen-bond acceptors (Lipinski definition) is 7. The van der Waals surface area contributed by atoms with E-state index in [4.69, 9.17) is 25.8 Å². The zero-order valence-corrected chi connectivity index (χ0v) is 16.1. The first kappa shape index (κ1) is 18.9. The smallest absolute Gasteiger partial charge is 0.341 e. The largest absolute Gasteiger partial charge is 0.503 e. The molecule has 0 amide bonds. The number of ether oxygens (including phenoxy) is 3. The Hall–Kier alpha value is -2.90. The van der Waals surface area contributed by atoms with Crippen molar-refractivity contribution in [1.82, 2.24) is 9.36 Å². The maximum Gasteiger partial charge on any atom is 0.341 e. The van der Waals surface area contributed by atoms with Crippen molar-refractivity contribution in [2.24, 2.45) is 0 Å². The second kappa shape index (κ2) is 8.66. The molecule has 0 bridgehead atoms. The Kier molecular flexibility index (Phi) is 6.05. The number of carbonyl (C=O) groups is 1. The molecule has 0 aliphatic carbocycles. The highest BCUT2D eigenvalue weighted by Crippen LogP contribution is 2.34. The minimum atomic E-state index is -0.540. The highest BCUT2D eigenvalue weighted by Gasteiger charge is 2.19. The standard InChI is InChI=1S/C19H15ClN2O4S/c1-24-11-14(18(23)25-2)12-7-4-6-10-16(12)26-19-21-17(22-27-19)13-8-3-5-9-15(13)20/h3-11H,1-2H3/b14-11-. The third kappa shape index (κ3) is 4.27. The summed E-state index contributed by atoms with van der Waals surface area (Å²) in [6.45, 7) is 0. The fourth-order valence-electron chi connectivity index (χ4n) is 2.32. The quantitative estimate of drug-likeness (QED) is 0.334. The molecule has 3 aromatic rings. The van der Waals surface area contributed by atoms with Crippen molar-refractivity contribution in [3.63, 3.8) is 0 Å². The van der Waals surface area contributed by atoms with Crippen LogP contribution in [0.2, 0.25) is 5.02 Å². The van der Waals surface area contributed by atoms with Gasteiger partial charge in [0.15, 0.2) is 5.82 Å². The second-order valence-electron chi connectivity index (χ2n) is 5.22. The molecular formula is C19H15ClN2O4S. The molecule has 8 heteroatoms. The molecule has 1 heterocycles. The molecule has 27 heavy (non-hydrogen) atoms. The zero-order chi connectivity index (χ0) is 19.2. The Morgan fingerprint density at radius 3 is 2.59 bits per heavy atom. The third-order valence-corrected chi connectivity index (χ3v) is 4.46. The zero-order valence-electron chi connectivity index (χ0n) is 14.5. The van der Waals surface area contributed by atoms with Gasteiger partial charge in [-0.25, -0.2) is 4.79 Å².